The Labute approximate surface area is 446 Å². The molecule has 0 spiro atoms. The van der Waals surface area contributed by atoms with Crippen molar-refractivity contribution in [3.8, 4) is 0 Å². The van der Waals surface area contributed by atoms with Crippen LogP contribution in [0.2, 0.25) is 0 Å². The summed E-state index contributed by atoms with van der Waals surface area (Å²) >= 11 is 0. The number of unbranched alkanes of at least 4 members (excludes halogenated alkanes) is 40. The Kier molecular flexibility index (Phi) is 47.6. The van der Waals surface area contributed by atoms with Crippen molar-refractivity contribution in [3.05, 3.63) is 0 Å². The summed E-state index contributed by atoms with van der Waals surface area (Å²) < 4.78 is 28.4. The minimum Gasteiger partial charge on any atom is -0.479 e. The molecule has 6 atom stereocenters. The van der Waals surface area contributed by atoms with E-state index < -0.39 is 67.3 Å². The first kappa shape index (κ1) is 68.7. The Balaban J connectivity index is 2.58. The van der Waals surface area contributed by atoms with Crippen molar-refractivity contribution in [1.29, 1.82) is 0 Å². The van der Waals surface area contributed by atoms with Crippen molar-refractivity contribution in [1.82, 2.24) is 0 Å². The highest BCUT2D eigenvalue weighted by Crippen LogP contribution is 2.27. The molecular formula is C61H114O12. The van der Waals surface area contributed by atoms with Gasteiger partial charge in [-0.25, -0.2) is 4.79 Å². The van der Waals surface area contributed by atoms with Gasteiger partial charge in [0.1, 0.15) is 18.8 Å². The van der Waals surface area contributed by atoms with Crippen molar-refractivity contribution in [2.24, 2.45) is 0 Å². The summed E-state index contributed by atoms with van der Waals surface area (Å²) in [5.41, 5.74) is 0. The third kappa shape index (κ3) is 40.6. The summed E-state index contributed by atoms with van der Waals surface area (Å²) in [6.07, 6.45) is 42.3. The average Bonchev–Trinajstić information content (AvgIpc) is 3.37. The molecule has 1 saturated heterocycles. The summed E-state index contributed by atoms with van der Waals surface area (Å²) in [6.45, 7) is 6.02. The van der Waals surface area contributed by atoms with Crippen LogP contribution in [0.25, 0.3) is 0 Å². The molecule has 0 aromatic carbocycles. The van der Waals surface area contributed by atoms with Crippen molar-refractivity contribution in [3.63, 3.8) is 0 Å². The minimum absolute atomic E-state index is 0.0711. The van der Waals surface area contributed by atoms with Crippen LogP contribution in [0.1, 0.15) is 316 Å². The van der Waals surface area contributed by atoms with Crippen LogP contribution in [-0.2, 0) is 42.9 Å². The lowest BCUT2D eigenvalue weighted by molar-refractivity contribution is -0.301. The number of rotatable bonds is 54. The Morgan fingerprint density at radius 1 is 0.397 bits per heavy atom. The summed E-state index contributed by atoms with van der Waals surface area (Å²) in [5.74, 6) is -3.07. The topological polar surface area (TPSA) is 175 Å². The van der Waals surface area contributed by atoms with E-state index >= 15 is 0 Å². The number of carbonyl (C=O) groups is 4. The average molecular weight is 1040 g/mol. The molecule has 0 radical (unpaired) electrons. The molecule has 1 rings (SSSR count). The van der Waals surface area contributed by atoms with Gasteiger partial charge in [0.05, 0.1) is 6.61 Å². The summed E-state index contributed by atoms with van der Waals surface area (Å²) in [6, 6.07) is 0. The molecule has 12 nitrogen and oxygen atoms in total. The standard InChI is InChI=1S/C61H114O12/c1-4-7-10-13-16-19-21-23-25-26-27-28-30-32-34-37-40-43-46-49-55(64)72-59-57(66)56(65)58(60(67)68)73-61(59)70-51-52(71-54(63)48-45-42-39-35-18-15-12-9-6-3)50-69-53(62)47-44-41-38-36-33-31-29-24-22-20-17-14-11-8-5-2/h52,56-59,61,65-66H,4-51H2,1-3H3,(H,67,68). The molecule has 12 heteroatoms. The predicted octanol–water partition coefficient (Wildman–Crippen LogP) is 15.9. The highest BCUT2D eigenvalue weighted by Gasteiger charge is 2.50. The van der Waals surface area contributed by atoms with E-state index in [0.717, 1.165) is 57.8 Å². The van der Waals surface area contributed by atoms with Crippen molar-refractivity contribution < 1.29 is 58.2 Å². The predicted molar refractivity (Wildman–Crippen MR) is 294 cm³/mol. The fourth-order valence-corrected chi connectivity index (χ4v) is 9.90. The molecule has 6 unspecified atom stereocenters. The lowest BCUT2D eigenvalue weighted by Gasteiger charge is -2.40. The maximum Gasteiger partial charge on any atom is 0.335 e. The van der Waals surface area contributed by atoms with Crippen LogP contribution in [-0.4, -0.2) is 89.2 Å². The summed E-state index contributed by atoms with van der Waals surface area (Å²) in [5, 5.41) is 31.5. The highest BCUT2D eigenvalue weighted by atomic mass is 16.7. The van der Waals surface area contributed by atoms with E-state index in [1.165, 1.54) is 199 Å². The molecule has 73 heavy (non-hydrogen) atoms. The zero-order valence-electron chi connectivity index (χ0n) is 47.4. The van der Waals surface area contributed by atoms with Gasteiger partial charge in [0.2, 0.25) is 0 Å². The quantitative estimate of drug-likeness (QED) is 0.0299. The fourth-order valence-electron chi connectivity index (χ4n) is 9.90. The van der Waals surface area contributed by atoms with E-state index in [4.69, 9.17) is 23.7 Å². The first-order chi connectivity index (χ1) is 35.6. The molecule has 0 aliphatic carbocycles. The Bertz CT molecular complexity index is 1280. The highest BCUT2D eigenvalue weighted by molar-refractivity contribution is 5.74. The zero-order chi connectivity index (χ0) is 53.3. The van der Waals surface area contributed by atoms with Gasteiger partial charge in [0, 0.05) is 19.3 Å². The molecule has 1 fully saturated rings. The number of hydrogen-bond acceptors (Lipinski definition) is 11. The van der Waals surface area contributed by atoms with E-state index in [2.05, 4.69) is 20.8 Å². The van der Waals surface area contributed by atoms with Gasteiger partial charge in [0.15, 0.2) is 24.6 Å². The van der Waals surface area contributed by atoms with Crippen LogP contribution in [0.5, 0.6) is 0 Å². The first-order valence-corrected chi connectivity index (χ1v) is 31.0. The number of aliphatic hydroxyl groups excluding tert-OH is 2. The van der Waals surface area contributed by atoms with E-state index in [1.807, 2.05) is 0 Å². The molecule has 3 N–H and O–H groups in total. The third-order valence-corrected chi connectivity index (χ3v) is 14.7. The molecule has 1 heterocycles. The van der Waals surface area contributed by atoms with Crippen LogP contribution in [0.15, 0.2) is 0 Å². The van der Waals surface area contributed by atoms with Gasteiger partial charge in [-0.2, -0.15) is 0 Å². The van der Waals surface area contributed by atoms with Gasteiger partial charge in [-0.3, -0.25) is 14.4 Å². The zero-order valence-corrected chi connectivity index (χ0v) is 47.4. The number of esters is 3. The van der Waals surface area contributed by atoms with Crippen molar-refractivity contribution in [2.45, 2.75) is 353 Å². The van der Waals surface area contributed by atoms with Gasteiger partial charge >= 0.3 is 23.9 Å². The number of hydrogen-bond donors (Lipinski definition) is 3. The number of aliphatic carboxylic acids is 1. The maximum atomic E-state index is 13.1. The van der Waals surface area contributed by atoms with Crippen LogP contribution in [0, 0.1) is 0 Å². The van der Waals surface area contributed by atoms with E-state index in [-0.39, 0.29) is 25.9 Å². The Morgan fingerprint density at radius 3 is 1.03 bits per heavy atom. The van der Waals surface area contributed by atoms with Crippen molar-refractivity contribution >= 4 is 23.9 Å². The molecule has 0 aromatic rings. The van der Waals surface area contributed by atoms with Gasteiger partial charge in [-0.15, -0.1) is 0 Å². The fraction of sp³-hybridized carbons (Fsp3) is 0.934. The summed E-state index contributed by atoms with van der Waals surface area (Å²) in [4.78, 5) is 51.0. The third-order valence-electron chi connectivity index (χ3n) is 14.7. The molecule has 430 valence electrons. The lowest BCUT2D eigenvalue weighted by atomic mass is 9.98. The van der Waals surface area contributed by atoms with Crippen molar-refractivity contribution in [2.75, 3.05) is 13.2 Å². The number of aliphatic hydroxyl groups is 2. The Hall–Kier alpha value is -2.28. The monoisotopic (exact) mass is 1040 g/mol. The van der Waals surface area contributed by atoms with Crippen LogP contribution >= 0.6 is 0 Å². The van der Waals surface area contributed by atoms with E-state index in [9.17, 15) is 34.5 Å². The van der Waals surface area contributed by atoms with E-state index in [0.29, 0.717) is 19.3 Å². The van der Waals surface area contributed by atoms with Crippen LogP contribution in [0.4, 0.5) is 0 Å². The van der Waals surface area contributed by atoms with E-state index in [1.54, 1.807) is 0 Å². The van der Waals surface area contributed by atoms with Gasteiger partial charge in [0.25, 0.3) is 0 Å². The number of carbonyl (C=O) groups excluding carboxylic acids is 3. The van der Waals surface area contributed by atoms with Crippen LogP contribution < -0.4 is 0 Å². The SMILES string of the molecule is CCCCCCCCCCCCCCCCCCCCCC(=O)OC1C(OCC(COC(=O)CCCCCCCCCCCCCCCCC)OC(=O)CCCCCCCCCCC)OC(C(=O)O)C(O)C1O. The molecule has 0 bridgehead atoms. The molecule has 0 saturated carbocycles. The second-order valence-corrected chi connectivity index (χ2v) is 21.7. The largest absolute Gasteiger partial charge is 0.479 e. The normalized spacial score (nSPS) is 18.2. The number of carboxylic acid groups (broad SMARTS) is 1. The smallest absolute Gasteiger partial charge is 0.335 e. The number of carboxylic acids is 1. The maximum absolute atomic E-state index is 13.1. The number of ether oxygens (including phenoxy) is 5. The molecule has 1 aliphatic heterocycles. The molecule has 0 aromatic heterocycles. The second-order valence-electron chi connectivity index (χ2n) is 21.7. The Morgan fingerprint density at radius 2 is 0.699 bits per heavy atom. The van der Waals surface area contributed by atoms with Gasteiger partial charge in [-0.05, 0) is 19.3 Å². The van der Waals surface area contributed by atoms with Crippen LogP contribution in [0.3, 0.4) is 0 Å². The molecule has 0 amide bonds. The van der Waals surface area contributed by atoms with Gasteiger partial charge in [-0.1, -0.05) is 278 Å². The summed E-state index contributed by atoms with van der Waals surface area (Å²) in [7, 11) is 0. The molecular weight excluding hydrogens is 925 g/mol. The van der Waals surface area contributed by atoms with Gasteiger partial charge < -0.3 is 39.0 Å². The first-order valence-electron chi connectivity index (χ1n) is 31.0. The second kappa shape index (κ2) is 50.5. The minimum atomic E-state index is -1.89. The lowest BCUT2D eigenvalue weighted by Crippen LogP contribution is -2.61. The molecule has 1 aliphatic rings.